The summed E-state index contributed by atoms with van der Waals surface area (Å²) < 4.78 is 4.96. The first-order valence-corrected chi connectivity index (χ1v) is 16.4. The first-order chi connectivity index (χ1) is 23.3. The number of rotatable bonds is 2. The molecule has 218 valence electrons. The molecule has 0 atom stereocenters. The summed E-state index contributed by atoms with van der Waals surface area (Å²) in [5, 5.41) is 10.4. The zero-order valence-electron chi connectivity index (χ0n) is 25.8. The minimum Gasteiger partial charge on any atom is -0.309 e. The average molecular weight is 597 g/mol. The lowest BCUT2D eigenvalue weighted by Gasteiger charge is -2.12. The van der Waals surface area contributed by atoms with E-state index in [9.17, 15) is 0 Å². The van der Waals surface area contributed by atoms with E-state index in [4.69, 9.17) is 0 Å². The maximum atomic E-state index is 2.48. The Hall–Kier alpha value is -6.12. The molecule has 0 bridgehead atoms. The Morgan fingerprint density at radius 1 is 0.362 bits per heavy atom. The first-order valence-electron chi connectivity index (χ1n) is 16.4. The van der Waals surface area contributed by atoms with Crippen molar-refractivity contribution < 1.29 is 0 Å². The number of para-hydroxylation sites is 2. The van der Waals surface area contributed by atoms with Gasteiger partial charge in [-0.3, -0.25) is 0 Å². The lowest BCUT2D eigenvalue weighted by atomic mass is 9.99. The second-order valence-electron chi connectivity index (χ2n) is 12.9. The fraction of sp³-hybridized carbons (Fsp3) is 0.0222. The molecule has 0 unspecified atom stereocenters. The highest BCUT2D eigenvalue weighted by atomic mass is 15.0. The molecule has 0 radical (unpaired) electrons. The minimum absolute atomic E-state index is 1.17. The lowest BCUT2D eigenvalue weighted by Crippen LogP contribution is -1.95. The number of nitrogens with zero attached hydrogens (tertiary/aromatic N) is 2. The Morgan fingerprint density at radius 2 is 1.09 bits per heavy atom. The average Bonchev–Trinajstić information content (AvgIpc) is 3.76. The van der Waals surface area contributed by atoms with Crippen LogP contribution in [0, 0.1) is 6.92 Å². The van der Waals surface area contributed by atoms with Gasteiger partial charge >= 0.3 is 0 Å². The first kappa shape index (κ1) is 25.1. The van der Waals surface area contributed by atoms with Crippen LogP contribution in [0.25, 0.3) is 98.8 Å². The van der Waals surface area contributed by atoms with Crippen molar-refractivity contribution in [3.63, 3.8) is 0 Å². The van der Waals surface area contributed by atoms with Gasteiger partial charge in [-0.15, -0.1) is 0 Å². The minimum atomic E-state index is 1.17. The Kier molecular flexibility index (Phi) is 4.80. The van der Waals surface area contributed by atoms with E-state index in [2.05, 4.69) is 168 Å². The smallest absolute Gasteiger partial charge is 0.0641 e. The van der Waals surface area contributed by atoms with Crippen molar-refractivity contribution in [1.29, 1.82) is 0 Å². The third kappa shape index (κ3) is 3.19. The SMILES string of the molecule is Cc1ccc2c3c(cccc13)-c1ccc(-n3c4ccccc4c4c3ccc3c5c6ccccc6ccc5n(-c5ccccc5)c34)cc1-2. The van der Waals surface area contributed by atoms with Crippen molar-refractivity contribution in [2.24, 2.45) is 0 Å². The van der Waals surface area contributed by atoms with E-state index >= 15 is 0 Å². The topological polar surface area (TPSA) is 9.86 Å². The van der Waals surface area contributed by atoms with Crippen LogP contribution in [0.2, 0.25) is 0 Å². The van der Waals surface area contributed by atoms with E-state index in [-0.39, 0.29) is 0 Å². The Labute approximate surface area is 271 Å². The maximum Gasteiger partial charge on any atom is 0.0641 e. The molecule has 2 heteroatoms. The van der Waals surface area contributed by atoms with Gasteiger partial charge in [0.25, 0.3) is 0 Å². The van der Waals surface area contributed by atoms with E-state index in [0.717, 1.165) is 0 Å². The summed E-state index contributed by atoms with van der Waals surface area (Å²) in [6.45, 7) is 2.22. The molecule has 2 heterocycles. The molecule has 2 nitrogen and oxygen atoms in total. The van der Waals surface area contributed by atoms with Gasteiger partial charge in [0, 0.05) is 32.9 Å². The highest BCUT2D eigenvalue weighted by molar-refractivity contribution is 6.30. The lowest BCUT2D eigenvalue weighted by molar-refractivity contribution is 1.17. The van der Waals surface area contributed by atoms with Crippen LogP contribution in [0.15, 0.2) is 152 Å². The predicted molar refractivity (Wildman–Crippen MR) is 199 cm³/mol. The molecule has 8 aromatic carbocycles. The summed E-state index contributed by atoms with van der Waals surface area (Å²) in [5.74, 6) is 0. The van der Waals surface area contributed by atoms with Crippen molar-refractivity contribution in [3.8, 4) is 33.6 Å². The van der Waals surface area contributed by atoms with Gasteiger partial charge in [0.1, 0.15) is 0 Å². The second-order valence-corrected chi connectivity index (χ2v) is 12.9. The summed E-state index contributed by atoms with van der Waals surface area (Å²) >= 11 is 0. The number of hydrogen-bond acceptors (Lipinski definition) is 0. The number of benzene rings is 8. The van der Waals surface area contributed by atoms with Crippen molar-refractivity contribution in [2.45, 2.75) is 6.92 Å². The molecule has 1 aliphatic rings. The van der Waals surface area contributed by atoms with Crippen LogP contribution < -0.4 is 0 Å². The normalized spacial score (nSPS) is 12.4. The van der Waals surface area contributed by atoms with Gasteiger partial charge in [-0.2, -0.15) is 0 Å². The number of hydrogen-bond donors (Lipinski definition) is 0. The molecule has 0 aliphatic heterocycles. The van der Waals surface area contributed by atoms with Crippen LogP contribution in [0.3, 0.4) is 0 Å². The van der Waals surface area contributed by atoms with E-state index in [1.807, 2.05) is 0 Å². The fourth-order valence-corrected chi connectivity index (χ4v) is 8.58. The van der Waals surface area contributed by atoms with Crippen LogP contribution in [-0.2, 0) is 0 Å². The molecule has 10 aromatic rings. The molecule has 0 amide bonds. The van der Waals surface area contributed by atoms with E-state index in [1.165, 1.54) is 104 Å². The molecule has 0 N–H and O–H groups in total. The van der Waals surface area contributed by atoms with E-state index in [0.29, 0.717) is 0 Å². The van der Waals surface area contributed by atoms with Gasteiger partial charge in [-0.1, -0.05) is 109 Å². The van der Waals surface area contributed by atoms with Gasteiger partial charge in [0.05, 0.1) is 22.1 Å². The molecule has 0 spiro atoms. The summed E-state index contributed by atoms with van der Waals surface area (Å²) in [6.07, 6.45) is 0. The van der Waals surface area contributed by atoms with Crippen molar-refractivity contribution in [3.05, 3.63) is 157 Å². The Bertz CT molecular complexity index is 2960. The number of fused-ring (bicyclic) bond motifs is 12. The zero-order chi connectivity index (χ0) is 30.8. The Morgan fingerprint density at radius 3 is 2.00 bits per heavy atom. The molecule has 0 fully saturated rings. The van der Waals surface area contributed by atoms with Crippen LogP contribution in [-0.4, -0.2) is 9.13 Å². The molecular formula is C45H28N2. The van der Waals surface area contributed by atoms with Gasteiger partial charge < -0.3 is 9.13 Å². The monoisotopic (exact) mass is 596 g/mol. The quantitative estimate of drug-likeness (QED) is 0.188. The zero-order valence-corrected chi connectivity index (χ0v) is 25.8. The molecular weight excluding hydrogens is 569 g/mol. The molecule has 0 saturated carbocycles. The second kappa shape index (κ2) is 8.99. The van der Waals surface area contributed by atoms with Crippen molar-refractivity contribution in [1.82, 2.24) is 9.13 Å². The summed E-state index contributed by atoms with van der Waals surface area (Å²) in [7, 11) is 0. The summed E-state index contributed by atoms with van der Waals surface area (Å²) in [4.78, 5) is 0. The Balaban J connectivity index is 1.28. The summed E-state index contributed by atoms with van der Waals surface area (Å²) in [5.41, 5.74) is 13.9. The van der Waals surface area contributed by atoms with Crippen LogP contribution in [0.4, 0.5) is 0 Å². The van der Waals surface area contributed by atoms with Crippen molar-refractivity contribution in [2.75, 3.05) is 0 Å². The van der Waals surface area contributed by atoms with Gasteiger partial charge in [-0.05, 0) is 98.8 Å². The predicted octanol–water partition coefficient (Wildman–Crippen LogP) is 12.1. The molecule has 47 heavy (non-hydrogen) atoms. The van der Waals surface area contributed by atoms with Crippen LogP contribution in [0.5, 0.6) is 0 Å². The van der Waals surface area contributed by atoms with Gasteiger partial charge in [-0.25, -0.2) is 0 Å². The van der Waals surface area contributed by atoms with Gasteiger partial charge in [0.15, 0.2) is 0 Å². The van der Waals surface area contributed by atoms with Crippen LogP contribution >= 0.6 is 0 Å². The summed E-state index contributed by atoms with van der Waals surface area (Å²) in [6, 6.07) is 56.2. The highest BCUT2D eigenvalue weighted by Gasteiger charge is 2.25. The van der Waals surface area contributed by atoms with Gasteiger partial charge in [0.2, 0.25) is 0 Å². The highest BCUT2D eigenvalue weighted by Crippen LogP contribution is 2.49. The van der Waals surface area contributed by atoms with E-state index in [1.54, 1.807) is 0 Å². The van der Waals surface area contributed by atoms with Crippen LogP contribution in [0.1, 0.15) is 5.56 Å². The molecule has 1 aliphatic carbocycles. The third-order valence-electron chi connectivity index (χ3n) is 10.6. The van der Waals surface area contributed by atoms with E-state index < -0.39 is 0 Å². The maximum absolute atomic E-state index is 2.48. The largest absolute Gasteiger partial charge is 0.309 e. The number of aromatic nitrogens is 2. The van der Waals surface area contributed by atoms with Crippen molar-refractivity contribution >= 4 is 65.2 Å². The number of aryl methyl sites for hydroxylation is 1. The third-order valence-corrected chi connectivity index (χ3v) is 10.6. The molecule has 2 aromatic heterocycles. The molecule has 11 rings (SSSR count). The standard InChI is InChI=1S/C45H28N2/c1-27-18-21-35-38-26-30(20-22-33(38)34-16-9-15-31(27)42(34)35)46-39-17-8-7-14-36(39)44-41(46)25-23-37-43-32-13-6-5-10-28(32)19-24-40(43)47(45(37)44)29-11-3-2-4-12-29/h2-26H,1H3. The molecule has 0 saturated heterocycles. The fourth-order valence-electron chi connectivity index (χ4n) is 8.58.